The molecular formula is C20H19N5O. The Morgan fingerprint density at radius 3 is 2.88 bits per heavy atom. The van der Waals surface area contributed by atoms with Gasteiger partial charge < -0.3 is 5.32 Å². The first-order valence-electron chi connectivity index (χ1n) is 8.70. The smallest absolute Gasteiger partial charge is 0.272 e. The summed E-state index contributed by atoms with van der Waals surface area (Å²) in [5.41, 5.74) is 5.34. The van der Waals surface area contributed by atoms with E-state index in [1.165, 1.54) is 18.0 Å². The molecule has 6 nitrogen and oxygen atoms in total. The number of nitrogens with one attached hydrogen (secondary N) is 1. The lowest BCUT2D eigenvalue weighted by Crippen LogP contribution is -2.32. The van der Waals surface area contributed by atoms with E-state index in [9.17, 15) is 4.79 Å². The molecule has 0 aromatic carbocycles. The van der Waals surface area contributed by atoms with Crippen molar-refractivity contribution in [2.45, 2.75) is 32.2 Å². The summed E-state index contributed by atoms with van der Waals surface area (Å²) >= 11 is 0. The molecule has 6 heteroatoms. The van der Waals surface area contributed by atoms with Crippen LogP contribution in [0.2, 0.25) is 0 Å². The van der Waals surface area contributed by atoms with Crippen LogP contribution in [0.4, 0.5) is 0 Å². The maximum absolute atomic E-state index is 12.5. The predicted molar refractivity (Wildman–Crippen MR) is 97.4 cm³/mol. The molecule has 1 aliphatic carbocycles. The first-order chi connectivity index (χ1) is 12.7. The highest BCUT2D eigenvalue weighted by molar-refractivity contribution is 5.92. The summed E-state index contributed by atoms with van der Waals surface area (Å²) in [6.07, 6.45) is 9.21. The molecule has 0 bridgehead atoms. The van der Waals surface area contributed by atoms with Crippen LogP contribution in [0.1, 0.15) is 46.3 Å². The van der Waals surface area contributed by atoms with Crippen molar-refractivity contribution in [2.75, 3.05) is 0 Å². The number of carbonyl (C=O) groups excluding carboxylic acids is 1. The van der Waals surface area contributed by atoms with E-state index in [-0.39, 0.29) is 11.9 Å². The highest BCUT2D eigenvalue weighted by Gasteiger charge is 2.24. The number of fused-ring (bicyclic) bond motifs is 1. The van der Waals surface area contributed by atoms with Gasteiger partial charge in [-0.15, -0.1) is 0 Å². The van der Waals surface area contributed by atoms with Crippen LogP contribution in [-0.4, -0.2) is 25.8 Å². The zero-order valence-corrected chi connectivity index (χ0v) is 14.5. The molecule has 3 heterocycles. The van der Waals surface area contributed by atoms with E-state index in [0.717, 1.165) is 41.9 Å². The fourth-order valence-corrected chi connectivity index (χ4v) is 3.30. The van der Waals surface area contributed by atoms with Crippen molar-refractivity contribution in [3.05, 3.63) is 71.7 Å². The van der Waals surface area contributed by atoms with Crippen molar-refractivity contribution in [1.82, 2.24) is 25.3 Å². The Balaban J connectivity index is 1.64. The Labute approximate surface area is 151 Å². The van der Waals surface area contributed by atoms with Crippen molar-refractivity contribution in [3.8, 4) is 11.3 Å². The van der Waals surface area contributed by atoms with Crippen LogP contribution < -0.4 is 5.32 Å². The molecule has 3 aromatic rings. The Hall–Kier alpha value is -3.15. The number of carbonyl (C=O) groups is 1. The maximum Gasteiger partial charge on any atom is 0.272 e. The van der Waals surface area contributed by atoms with Gasteiger partial charge in [0.25, 0.3) is 5.91 Å². The number of hydrogen-bond donors (Lipinski definition) is 1. The lowest BCUT2D eigenvalue weighted by molar-refractivity contribution is 0.0926. The van der Waals surface area contributed by atoms with Gasteiger partial charge in [0.2, 0.25) is 0 Å². The van der Waals surface area contributed by atoms with Crippen LogP contribution in [0.15, 0.2) is 49.1 Å². The van der Waals surface area contributed by atoms with Gasteiger partial charge in [0.05, 0.1) is 23.6 Å². The SMILES string of the molecule is Cc1cc(-c2ccc3c(n2)C(NC(=O)c2cnccn2)CCC3)ccn1. The number of rotatable bonds is 3. The third kappa shape index (κ3) is 3.31. The van der Waals surface area contributed by atoms with E-state index in [1.54, 1.807) is 12.4 Å². The second kappa shape index (κ2) is 7.00. The van der Waals surface area contributed by atoms with Gasteiger partial charge in [-0.1, -0.05) is 6.07 Å². The molecule has 4 rings (SSSR count). The molecule has 26 heavy (non-hydrogen) atoms. The largest absolute Gasteiger partial charge is 0.342 e. The van der Waals surface area contributed by atoms with Crippen LogP contribution in [-0.2, 0) is 6.42 Å². The highest BCUT2D eigenvalue weighted by Crippen LogP contribution is 2.30. The fourth-order valence-electron chi connectivity index (χ4n) is 3.30. The predicted octanol–water partition coefficient (Wildman–Crippen LogP) is 3.05. The molecule has 0 spiro atoms. The zero-order valence-electron chi connectivity index (χ0n) is 14.5. The number of hydrogen-bond acceptors (Lipinski definition) is 5. The summed E-state index contributed by atoms with van der Waals surface area (Å²) in [6, 6.07) is 8.02. The summed E-state index contributed by atoms with van der Waals surface area (Å²) in [5, 5.41) is 3.07. The zero-order chi connectivity index (χ0) is 17.9. The highest BCUT2D eigenvalue weighted by atomic mass is 16.1. The molecule has 1 N–H and O–H groups in total. The van der Waals surface area contributed by atoms with E-state index < -0.39 is 0 Å². The molecule has 1 aliphatic rings. The topological polar surface area (TPSA) is 80.7 Å². The lowest BCUT2D eigenvalue weighted by atomic mass is 9.91. The van der Waals surface area contributed by atoms with Gasteiger partial charge in [-0.05, 0) is 49.9 Å². The summed E-state index contributed by atoms with van der Waals surface area (Å²) in [5.74, 6) is -0.220. The molecule has 0 saturated heterocycles. The molecule has 0 fully saturated rings. The number of amides is 1. The van der Waals surface area contributed by atoms with Gasteiger partial charge in [-0.2, -0.15) is 0 Å². The Morgan fingerprint density at radius 1 is 1.15 bits per heavy atom. The number of aromatic nitrogens is 4. The molecule has 1 unspecified atom stereocenters. The number of nitrogens with zero attached hydrogens (tertiary/aromatic N) is 4. The monoisotopic (exact) mass is 345 g/mol. The summed E-state index contributed by atoms with van der Waals surface area (Å²) in [6.45, 7) is 1.96. The van der Waals surface area contributed by atoms with E-state index >= 15 is 0 Å². The van der Waals surface area contributed by atoms with Crippen molar-refractivity contribution in [1.29, 1.82) is 0 Å². The second-order valence-electron chi connectivity index (χ2n) is 6.44. The third-order valence-corrected chi connectivity index (χ3v) is 4.57. The number of pyridine rings is 2. The Morgan fingerprint density at radius 2 is 2.08 bits per heavy atom. The Bertz CT molecular complexity index is 942. The molecule has 1 amide bonds. The minimum Gasteiger partial charge on any atom is -0.342 e. The fraction of sp³-hybridized carbons (Fsp3) is 0.250. The van der Waals surface area contributed by atoms with Gasteiger partial charge in [0.1, 0.15) is 5.69 Å². The molecule has 0 radical (unpaired) electrons. The quantitative estimate of drug-likeness (QED) is 0.789. The summed E-state index contributed by atoms with van der Waals surface area (Å²) in [4.78, 5) is 29.6. The van der Waals surface area contributed by atoms with Crippen LogP contribution in [0.3, 0.4) is 0 Å². The third-order valence-electron chi connectivity index (χ3n) is 4.57. The first-order valence-corrected chi connectivity index (χ1v) is 8.70. The maximum atomic E-state index is 12.5. The minimum absolute atomic E-state index is 0.115. The van der Waals surface area contributed by atoms with Gasteiger partial charge in [0.15, 0.2) is 0 Å². The van der Waals surface area contributed by atoms with Crippen LogP contribution >= 0.6 is 0 Å². The number of aryl methyl sites for hydroxylation is 2. The van der Waals surface area contributed by atoms with Crippen molar-refractivity contribution in [2.24, 2.45) is 0 Å². The van der Waals surface area contributed by atoms with Crippen LogP contribution in [0.5, 0.6) is 0 Å². The minimum atomic E-state index is -0.220. The lowest BCUT2D eigenvalue weighted by Gasteiger charge is -2.25. The van der Waals surface area contributed by atoms with E-state index in [2.05, 4.69) is 26.3 Å². The average molecular weight is 345 g/mol. The standard InChI is InChI=1S/C20H19N5O/c1-13-11-15(7-8-22-13)16-6-5-14-3-2-4-17(19(14)24-16)25-20(26)18-12-21-9-10-23-18/h5-12,17H,2-4H2,1H3,(H,25,26). The van der Waals surface area contributed by atoms with E-state index in [4.69, 9.17) is 4.98 Å². The summed E-state index contributed by atoms with van der Waals surface area (Å²) in [7, 11) is 0. The normalized spacial score (nSPS) is 16.0. The average Bonchev–Trinajstić information content (AvgIpc) is 2.68. The molecule has 0 saturated carbocycles. The van der Waals surface area contributed by atoms with Crippen LogP contribution in [0.25, 0.3) is 11.3 Å². The van der Waals surface area contributed by atoms with Crippen LogP contribution in [0, 0.1) is 6.92 Å². The molecule has 130 valence electrons. The van der Waals surface area contributed by atoms with Crippen molar-refractivity contribution >= 4 is 5.91 Å². The van der Waals surface area contributed by atoms with E-state index in [0.29, 0.717) is 5.69 Å². The van der Waals surface area contributed by atoms with Crippen molar-refractivity contribution in [3.63, 3.8) is 0 Å². The van der Waals surface area contributed by atoms with Gasteiger partial charge in [-0.25, -0.2) is 4.98 Å². The van der Waals surface area contributed by atoms with E-state index in [1.807, 2.05) is 25.1 Å². The first kappa shape index (κ1) is 16.3. The molecule has 1 atom stereocenters. The second-order valence-corrected chi connectivity index (χ2v) is 6.44. The van der Waals surface area contributed by atoms with Crippen molar-refractivity contribution < 1.29 is 4.79 Å². The Kier molecular flexibility index (Phi) is 4.39. The van der Waals surface area contributed by atoms with Gasteiger partial charge in [0, 0.05) is 29.8 Å². The molecular weight excluding hydrogens is 326 g/mol. The summed E-state index contributed by atoms with van der Waals surface area (Å²) < 4.78 is 0. The molecule has 3 aromatic heterocycles. The van der Waals surface area contributed by atoms with Gasteiger partial charge in [-0.3, -0.25) is 19.7 Å². The molecule has 0 aliphatic heterocycles. The van der Waals surface area contributed by atoms with Gasteiger partial charge >= 0.3 is 0 Å².